The van der Waals surface area contributed by atoms with Crippen molar-refractivity contribution in [2.75, 3.05) is 28.4 Å². The number of hydrogen-bond acceptors (Lipinski definition) is 6. The lowest BCUT2D eigenvalue weighted by atomic mass is 10.2. The summed E-state index contributed by atoms with van der Waals surface area (Å²) in [6.07, 6.45) is 0. The van der Waals surface area contributed by atoms with Crippen molar-refractivity contribution in [2.24, 2.45) is 0 Å². The predicted molar refractivity (Wildman–Crippen MR) is 127 cm³/mol. The molecule has 0 spiro atoms. The summed E-state index contributed by atoms with van der Waals surface area (Å²) in [5.74, 6) is 6.72. The number of benzene rings is 2. The summed E-state index contributed by atoms with van der Waals surface area (Å²) < 4.78 is 2.28. The maximum atomic E-state index is 12.4. The number of amides is 1. The van der Waals surface area contributed by atoms with E-state index in [9.17, 15) is 4.79 Å². The smallest absolute Gasteiger partial charge is 0.234 e. The SMILES string of the molecule is CCN(c1ccc(NC(=O)CSc2nnc(-c3ccccc3Br)n2N)cc1)C(C)C. The second-order valence-corrected chi connectivity index (χ2v) is 8.72. The van der Waals surface area contributed by atoms with E-state index in [4.69, 9.17) is 5.84 Å². The molecular weight excluding hydrogens is 464 g/mol. The van der Waals surface area contributed by atoms with Gasteiger partial charge in [0.25, 0.3) is 0 Å². The first-order valence-corrected chi connectivity index (χ1v) is 11.4. The zero-order chi connectivity index (χ0) is 21.7. The standard InChI is InChI=1S/C21H25BrN6OS/c1-4-27(14(2)3)16-11-9-15(10-12-16)24-19(29)13-30-21-26-25-20(28(21)23)17-7-5-6-8-18(17)22/h5-12,14H,4,13,23H2,1-3H3,(H,24,29). The number of nitrogens with one attached hydrogen (secondary N) is 1. The van der Waals surface area contributed by atoms with Gasteiger partial charge < -0.3 is 16.1 Å². The number of aromatic nitrogens is 3. The Kier molecular flexibility index (Phi) is 7.38. The molecule has 0 bridgehead atoms. The lowest BCUT2D eigenvalue weighted by Crippen LogP contribution is -2.30. The highest BCUT2D eigenvalue weighted by Crippen LogP contribution is 2.28. The molecule has 9 heteroatoms. The van der Waals surface area contributed by atoms with Crippen molar-refractivity contribution in [2.45, 2.75) is 32.0 Å². The number of hydrogen-bond donors (Lipinski definition) is 2. The van der Waals surface area contributed by atoms with Crippen LogP contribution in [-0.4, -0.2) is 39.1 Å². The monoisotopic (exact) mass is 488 g/mol. The molecular formula is C21H25BrN6OS. The van der Waals surface area contributed by atoms with Gasteiger partial charge in [-0.05, 0) is 57.2 Å². The van der Waals surface area contributed by atoms with Gasteiger partial charge in [-0.15, -0.1) is 10.2 Å². The van der Waals surface area contributed by atoms with Crippen LogP contribution in [-0.2, 0) is 4.79 Å². The van der Waals surface area contributed by atoms with Gasteiger partial charge in [0.2, 0.25) is 11.1 Å². The van der Waals surface area contributed by atoms with Crippen molar-refractivity contribution in [3.05, 3.63) is 53.0 Å². The van der Waals surface area contributed by atoms with Gasteiger partial charge in [-0.25, -0.2) is 4.68 Å². The third-order valence-corrected chi connectivity index (χ3v) is 6.19. The van der Waals surface area contributed by atoms with E-state index in [2.05, 4.69) is 57.1 Å². The Balaban J connectivity index is 1.60. The Bertz CT molecular complexity index is 1000. The van der Waals surface area contributed by atoms with Crippen molar-refractivity contribution < 1.29 is 4.79 Å². The largest absolute Gasteiger partial charge is 0.369 e. The molecule has 0 fully saturated rings. The molecule has 0 aliphatic heterocycles. The minimum atomic E-state index is -0.130. The van der Waals surface area contributed by atoms with E-state index in [1.165, 1.54) is 16.4 Å². The van der Waals surface area contributed by atoms with E-state index >= 15 is 0 Å². The Morgan fingerprint density at radius 3 is 2.53 bits per heavy atom. The highest BCUT2D eigenvalue weighted by Gasteiger charge is 2.16. The minimum Gasteiger partial charge on any atom is -0.369 e. The van der Waals surface area contributed by atoms with Gasteiger partial charge in [0.1, 0.15) is 0 Å². The molecule has 1 amide bonds. The summed E-state index contributed by atoms with van der Waals surface area (Å²) >= 11 is 4.73. The first-order valence-electron chi connectivity index (χ1n) is 9.65. The van der Waals surface area contributed by atoms with Crippen molar-refractivity contribution in [1.29, 1.82) is 0 Å². The third-order valence-electron chi connectivity index (χ3n) is 4.56. The van der Waals surface area contributed by atoms with Gasteiger partial charge in [0.05, 0.1) is 5.75 Å². The van der Waals surface area contributed by atoms with Crippen LogP contribution in [0.15, 0.2) is 58.2 Å². The van der Waals surface area contributed by atoms with Gasteiger partial charge >= 0.3 is 0 Å². The molecule has 0 unspecified atom stereocenters. The number of nitrogens with two attached hydrogens (primary N) is 1. The molecule has 0 saturated heterocycles. The second kappa shape index (κ2) is 9.99. The number of nitrogens with zero attached hydrogens (tertiary/aromatic N) is 4. The summed E-state index contributed by atoms with van der Waals surface area (Å²) in [5, 5.41) is 11.7. The van der Waals surface area contributed by atoms with E-state index < -0.39 is 0 Å². The molecule has 0 saturated carbocycles. The summed E-state index contributed by atoms with van der Waals surface area (Å²) in [6, 6.07) is 15.9. The first-order chi connectivity index (χ1) is 14.4. The van der Waals surface area contributed by atoms with E-state index in [-0.39, 0.29) is 11.7 Å². The third kappa shape index (κ3) is 5.14. The summed E-state index contributed by atoms with van der Waals surface area (Å²) in [6.45, 7) is 7.38. The van der Waals surface area contributed by atoms with Crippen molar-refractivity contribution in [3.63, 3.8) is 0 Å². The van der Waals surface area contributed by atoms with Crippen LogP contribution in [0.25, 0.3) is 11.4 Å². The number of carbonyl (C=O) groups excluding carboxylic acids is 1. The van der Waals surface area contributed by atoms with Crippen molar-refractivity contribution in [1.82, 2.24) is 14.9 Å². The molecule has 3 N–H and O–H groups in total. The van der Waals surface area contributed by atoms with Crippen LogP contribution in [0.1, 0.15) is 20.8 Å². The van der Waals surface area contributed by atoms with Crippen LogP contribution in [0.5, 0.6) is 0 Å². The normalized spacial score (nSPS) is 11.0. The van der Waals surface area contributed by atoms with Gasteiger partial charge in [-0.2, -0.15) is 0 Å². The van der Waals surface area contributed by atoms with Crippen LogP contribution in [0.2, 0.25) is 0 Å². The Morgan fingerprint density at radius 1 is 1.20 bits per heavy atom. The molecule has 158 valence electrons. The molecule has 0 atom stereocenters. The zero-order valence-electron chi connectivity index (χ0n) is 17.2. The van der Waals surface area contributed by atoms with Gasteiger partial charge in [-0.1, -0.05) is 39.8 Å². The van der Waals surface area contributed by atoms with E-state index in [1.807, 2.05) is 48.5 Å². The molecule has 2 aromatic carbocycles. The summed E-state index contributed by atoms with van der Waals surface area (Å²) in [5.41, 5.74) is 2.73. The average molecular weight is 489 g/mol. The number of rotatable bonds is 8. The maximum Gasteiger partial charge on any atom is 0.234 e. The van der Waals surface area contributed by atoms with E-state index in [0.29, 0.717) is 17.0 Å². The fourth-order valence-electron chi connectivity index (χ4n) is 3.11. The zero-order valence-corrected chi connectivity index (χ0v) is 19.6. The Labute approximate surface area is 189 Å². The fourth-order valence-corrected chi connectivity index (χ4v) is 4.23. The van der Waals surface area contributed by atoms with E-state index in [1.54, 1.807) is 0 Å². The van der Waals surface area contributed by atoms with Gasteiger partial charge in [0.15, 0.2) is 5.82 Å². The molecule has 1 heterocycles. The molecule has 1 aromatic heterocycles. The molecule has 0 aliphatic carbocycles. The van der Waals surface area contributed by atoms with Gasteiger partial charge in [0, 0.05) is 34.0 Å². The first kappa shape index (κ1) is 22.2. The summed E-state index contributed by atoms with van der Waals surface area (Å²) in [4.78, 5) is 14.7. The topological polar surface area (TPSA) is 89.1 Å². The average Bonchev–Trinajstić information content (AvgIpc) is 3.08. The highest BCUT2D eigenvalue weighted by atomic mass is 79.9. The number of anilines is 2. The maximum absolute atomic E-state index is 12.4. The molecule has 0 radical (unpaired) electrons. The molecule has 0 aliphatic rings. The fraction of sp³-hybridized carbons (Fsp3) is 0.286. The second-order valence-electron chi connectivity index (χ2n) is 6.92. The lowest BCUT2D eigenvalue weighted by Gasteiger charge is -2.27. The molecule has 30 heavy (non-hydrogen) atoms. The minimum absolute atomic E-state index is 0.130. The van der Waals surface area contributed by atoms with Crippen molar-refractivity contribution >= 4 is 45.0 Å². The quantitative estimate of drug-likeness (QED) is 0.361. The molecule has 3 aromatic rings. The predicted octanol–water partition coefficient (Wildman–Crippen LogP) is 4.39. The number of carbonyl (C=O) groups is 1. The summed E-state index contributed by atoms with van der Waals surface area (Å²) in [7, 11) is 0. The Hall–Kier alpha value is -2.52. The number of nitrogen functional groups attached to an aromatic ring is 1. The van der Waals surface area contributed by atoms with Crippen LogP contribution in [0.4, 0.5) is 11.4 Å². The highest BCUT2D eigenvalue weighted by molar-refractivity contribution is 9.10. The van der Waals surface area contributed by atoms with Gasteiger partial charge in [-0.3, -0.25) is 4.79 Å². The lowest BCUT2D eigenvalue weighted by molar-refractivity contribution is -0.113. The molecule has 7 nitrogen and oxygen atoms in total. The van der Waals surface area contributed by atoms with Crippen LogP contribution >= 0.6 is 27.7 Å². The number of thioether (sulfide) groups is 1. The van der Waals surface area contributed by atoms with Crippen LogP contribution in [0, 0.1) is 0 Å². The van der Waals surface area contributed by atoms with E-state index in [0.717, 1.165) is 28.0 Å². The van der Waals surface area contributed by atoms with Crippen LogP contribution < -0.4 is 16.1 Å². The van der Waals surface area contributed by atoms with Crippen molar-refractivity contribution in [3.8, 4) is 11.4 Å². The van der Waals surface area contributed by atoms with Crippen LogP contribution in [0.3, 0.4) is 0 Å². The number of halogens is 1. The Morgan fingerprint density at radius 2 is 1.90 bits per heavy atom. The molecule has 3 rings (SSSR count).